The van der Waals surface area contributed by atoms with Crippen LogP contribution in [0.1, 0.15) is 16.7 Å². The number of esters is 1. The Hall–Kier alpha value is -2.95. The monoisotopic (exact) mass is 376 g/mol. The molecule has 0 fully saturated rings. The molecule has 0 radical (unpaired) electrons. The molecular weight excluding hydrogens is 352 g/mol. The van der Waals surface area contributed by atoms with E-state index in [9.17, 15) is 4.79 Å². The summed E-state index contributed by atoms with van der Waals surface area (Å²) in [5.74, 6) is -0.478. The highest BCUT2D eigenvalue weighted by atomic mass is 16.6. The van der Waals surface area contributed by atoms with Crippen molar-refractivity contribution < 1.29 is 19.0 Å². The van der Waals surface area contributed by atoms with Gasteiger partial charge in [0.1, 0.15) is 5.60 Å². The first-order valence-electron chi connectivity index (χ1n) is 9.13. The molecule has 28 heavy (non-hydrogen) atoms. The van der Waals surface area contributed by atoms with Gasteiger partial charge in [-0.25, -0.2) is 4.79 Å². The fourth-order valence-electron chi connectivity index (χ4n) is 3.37. The second-order valence-corrected chi connectivity index (χ2v) is 6.36. The minimum absolute atomic E-state index is 0.0843. The number of hydrogen-bond donors (Lipinski definition) is 0. The van der Waals surface area contributed by atoms with Crippen molar-refractivity contribution in [2.24, 2.45) is 0 Å². The minimum atomic E-state index is -0.999. The zero-order chi connectivity index (χ0) is 19.8. The summed E-state index contributed by atoms with van der Waals surface area (Å²) in [5.41, 5.74) is 1.74. The highest BCUT2D eigenvalue weighted by molar-refractivity contribution is 5.75. The molecule has 0 spiro atoms. The molecule has 0 unspecified atom stereocenters. The lowest BCUT2D eigenvalue weighted by atomic mass is 9.80. The van der Waals surface area contributed by atoms with E-state index >= 15 is 0 Å². The van der Waals surface area contributed by atoms with E-state index in [2.05, 4.69) is 0 Å². The van der Waals surface area contributed by atoms with Crippen LogP contribution in [0.3, 0.4) is 0 Å². The molecule has 4 nitrogen and oxygen atoms in total. The Morgan fingerprint density at radius 3 is 1.46 bits per heavy atom. The molecule has 3 rings (SSSR count). The normalized spacial score (nSPS) is 12.4. The summed E-state index contributed by atoms with van der Waals surface area (Å²) in [6.45, 7) is 0.0843. The summed E-state index contributed by atoms with van der Waals surface area (Å²) in [4.78, 5) is 12.4. The molecule has 0 bridgehead atoms. The van der Waals surface area contributed by atoms with Gasteiger partial charge in [-0.3, -0.25) is 0 Å². The second-order valence-electron chi connectivity index (χ2n) is 6.36. The quantitative estimate of drug-likeness (QED) is 0.437. The van der Waals surface area contributed by atoms with Gasteiger partial charge in [0.2, 0.25) is 0 Å². The van der Waals surface area contributed by atoms with E-state index in [0.717, 1.165) is 16.7 Å². The van der Waals surface area contributed by atoms with E-state index < -0.39 is 17.7 Å². The van der Waals surface area contributed by atoms with Crippen molar-refractivity contribution in [2.75, 3.05) is 20.8 Å². The van der Waals surface area contributed by atoms with E-state index in [1.807, 2.05) is 91.0 Å². The van der Waals surface area contributed by atoms with E-state index in [1.54, 1.807) is 0 Å². The number of hydrogen-bond acceptors (Lipinski definition) is 4. The van der Waals surface area contributed by atoms with Gasteiger partial charge in [-0.1, -0.05) is 91.0 Å². The third-order valence-corrected chi connectivity index (χ3v) is 4.64. The third-order valence-electron chi connectivity index (χ3n) is 4.64. The van der Waals surface area contributed by atoms with Gasteiger partial charge in [0.25, 0.3) is 0 Å². The molecule has 0 amide bonds. The standard InChI is InChI=1S/C24H24O4/c1-26-18-22(23(25)27-2)28-24(19-12-6-3-7-13-19,20-14-8-4-9-15-20)21-16-10-5-11-17-21/h3-17,22H,18H2,1-2H3/t22-/m1/s1. The fraction of sp³-hybridized carbons (Fsp3) is 0.208. The fourth-order valence-corrected chi connectivity index (χ4v) is 3.37. The van der Waals surface area contributed by atoms with Gasteiger partial charge < -0.3 is 14.2 Å². The van der Waals surface area contributed by atoms with Gasteiger partial charge >= 0.3 is 5.97 Å². The molecule has 0 aliphatic rings. The van der Waals surface area contributed by atoms with Crippen molar-refractivity contribution in [3.8, 4) is 0 Å². The third kappa shape index (κ3) is 3.98. The first-order valence-corrected chi connectivity index (χ1v) is 9.13. The van der Waals surface area contributed by atoms with Crippen molar-refractivity contribution >= 4 is 5.97 Å². The second kappa shape index (κ2) is 9.31. The maximum atomic E-state index is 12.4. The van der Waals surface area contributed by atoms with Crippen LogP contribution in [0.25, 0.3) is 0 Å². The van der Waals surface area contributed by atoms with Crippen LogP contribution in [0.15, 0.2) is 91.0 Å². The maximum Gasteiger partial charge on any atom is 0.337 e. The smallest absolute Gasteiger partial charge is 0.337 e. The lowest BCUT2D eigenvalue weighted by Crippen LogP contribution is -2.42. The van der Waals surface area contributed by atoms with Crippen LogP contribution in [0, 0.1) is 0 Å². The molecule has 0 saturated heterocycles. The predicted molar refractivity (Wildman–Crippen MR) is 108 cm³/mol. The number of methoxy groups -OCH3 is 2. The van der Waals surface area contributed by atoms with E-state index in [4.69, 9.17) is 14.2 Å². The number of rotatable bonds is 8. The maximum absolute atomic E-state index is 12.4. The number of ether oxygens (including phenoxy) is 3. The van der Waals surface area contributed by atoms with E-state index in [0.29, 0.717) is 0 Å². The summed E-state index contributed by atoms with van der Waals surface area (Å²) < 4.78 is 16.8. The van der Waals surface area contributed by atoms with Crippen molar-refractivity contribution in [3.63, 3.8) is 0 Å². The van der Waals surface area contributed by atoms with Crippen LogP contribution in [-0.2, 0) is 24.6 Å². The van der Waals surface area contributed by atoms with E-state index in [-0.39, 0.29) is 6.61 Å². The van der Waals surface area contributed by atoms with Crippen LogP contribution >= 0.6 is 0 Å². The summed E-state index contributed by atoms with van der Waals surface area (Å²) in [6.07, 6.45) is -0.893. The predicted octanol–water partition coefficient (Wildman–Crippen LogP) is 4.18. The summed E-state index contributed by atoms with van der Waals surface area (Å²) in [7, 11) is 2.89. The first kappa shape index (κ1) is 19.8. The van der Waals surface area contributed by atoms with Gasteiger partial charge in [-0.15, -0.1) is 0 Å². The van der Waals surface area contributed by atoms with Crippen LogP contribution in [0.5, 0.6) is 0 Å². The average Bonchev–Trinajstić information content (AvgIpc) is 2.78. The Morgan fingerprint density at radius 1 is 0.750 bits per heavy atom. The highest BCUT2D eigenvalue weighted by Gasteiger charge is 2.41. The number of carbonyl (C=O) groups is 1. The number of carbonyl (C=O) groups excluding carboxylic acids is 1. The van der Waals surface area contributed by atoms with Crippen molar-refractivity contribution in [1.29, 1.82) is 0 Å². The first-order chi connectivity index (χ1) is 13.7. The highest BCUT2D eigenvalue weighted by Crippen LogP contribution is 2.41. The Kier molecular flexibility index (Phi) is 6.58. The van der Waals surface area contributed by atoms with Gasteiger partial charge in [0, 0.05) is 7.11 Å². The molecule has 1 atom stereocenters. The van der Waals surface area contributed by atoms with Gasteiger partial charge in [-0.2, -0.15) is 0 Å². The zero-order valence-corrected chi connectivity index (χ0v) is 16.1. The van der Waals surface area contributed by atoms with Crippen LogP contribution in [0.2, 0.25) is 0 Å². The Bertz CT molecular complexity index is 766. The molecule has 4 heteroatoms. The number of benzene rings is 3. The van der Waals surface area contributed by atoms with Gasteiger partial charge in [0.15, 0.2) is 6.10 Å². The molecule has 0 aliphatic heterocycles. The Labute approximate surface area is 165 Å². The van der Waals surface area contributed by atoms with Gasteiger partial charge in [-0.05, 0) is 16.7 Å². The SMILES string of the molecule is COC[C@@H](OC(c1ccccc1)(c1ccccc1)c1ccccc1)C(=O)OC. The average molecular weight is 376 g/mol. The topological polar surface area (TPSA) is 44.8 Å². The molecular formula is C24H24O4. The Balaban J connectivity index is 2.26. The molecule has 0 heterocycles. The molecule has 0 saturated carbocycles. The van der Waals surface area contributed by atoms with Gasteiger partial charge in [0.05, 0.1) is 13.7 Å². The summed E-state index contributed by atoms with van der Waals surface area (Å²) in [5, 5.41) is 0. The Morgan fingerprint density at radius 2 is 1.14 bits per heavy atom. The molecule has 3 aromatic rings. The summed E-state index contributed by atoms with van der Waals surface area (Å²) in [6, 6.07) is 29.6. The van der Waals surface area contributed by atoms with Crippen molar-refractivity contribution in [1.82, 2.24) is 0 Å². The molecule has 0 aromatic heterocycles. The van der Waals surface area contributed by atoms with Crippen LogP contribution < -0.4 is 0 Å². The zero-order valence-electron chi connectivity index (χ0n) is 16.1. The van der Waals surface area contributed by atoms with Crippen molar-refractivity contribution in [2.45, 2.75) is 11.7 Å². The summed E-state index contributed by atoms with van der Waals surface area (Å²) >= 11 is 0. The molecule has 0 aliphatic carbocycles. The van der Waals surface area contributed by atoms with E-state index in [1.165, 1.54) is 14.2 Å². The lowest BCUT2D eigenvalue weighted by Gasteiger charge is -2.38. The lowest BCUT2D eigenvalue weighted by molar-refractivity contribution is -0.166. The molecule has 144 valence electrons. The van der Waals surface area contributed by atoms with Crippen LogP contribution in [0.4, 0.5) is 0 Å². The molecule has 3 aromatic carbocycles. The van der Waals surface area contributed by atoms with Crippen molar-refractivity contribution in [3.05, 3.63) is 108 Å². The largest absolute Gasteiger partial charge is 0.467 e. The molecule has 0 N–H and O–H groups in total. The van der Waals surface area contributed by atoms with Crippen LogP contribution in [-0.4, -0.2) is 32.9 Å². The minimum Gasteiger partial charge on any atom is -0.467 e.